The largest absolute Gasteiger partial charge is 0.496 e. The van der Waals surface area contributed by atoms with Gasteiger partial charge < -0.3 is 4.74 Å². The van der Waals surface area contributed by atoms with Crippen molar-refractivity contribution in [3.05, 3.63) is 101 Å². The highest BCUT2D eigenvalue weighted by Crippen LogP contribution is 2.30. The lowest BCUT2D eigenvalue weighted by molar-refractivity contribution is -0.113. The average molecular weight is 464 g/mol. The van der Waals surface area contributed by atoms with Gasteiger partial charge in [-0.2, -0.15) is 0 Å². The molecule has 0 saturated heterocycles. The zero-order valence-corrected chi connectivity index (χ0v) is 18.3. The number of ketones is 1. The number of amides is 1. The van der Waals surface area contributed by atoms with Gasteiger partial charge in [-0.1, -0.05) is 42.1 Å². The van der Waals surface area contributed by atoms with E-state index >= 15 is 0 Å². The topological polar surface area (TPSA) is 59.0 Å². The molecule has 0 bridgehead atoms. The molecule has 5 nitrogen and oxygen atoms in total. The van der Waals surface area contributed by atoms with E-state index in [2.05, 4.69) is 4.99 Å². The number of hydrogen-bond acceptors (Lipinski definition) is 5. The summed E-state index contributed by atoms with van der Waals surface area (Å²) in [6, 6.07) is 18.3. The van der Waals surface area contributed by atoms with E-state index in [0.717, 1.165) is 23.4 Å². The zero-order chi connectivity index (χ0) is 23.4. The minimum Gasteiger partial charge on any atom is -0.496 e. The van der Waals surface area contributed by atoms with E-state index in [4.69, 9.17) is 4.74 Å². The maximum atomic E-state index is 13.7. The number of ether oxygens (including phenoxy) is 1. The summed E-state index contributed by atoms with van der Waals surface area (Å²) >= 11 is 1.03. The molecule has 0 atom stereocenters. The maximum absolute atomic E-state index is 13.7. The molecule has 33 heavy (non-hydrogen) atoms. The van der Waals surface area contributed by atoms with Crippen LogP contribution in [0.3, 0.4) is 0 Å². The van der Waals surface area contributed by atoms with Crippen LogP contribution in [0.1, 0.15) is 15.9 Å². The number of Topliss-reactive ketones (excluding diaryl/α,β-unsaturated/α-hetero) is 1. The third-order valence-electron chi connectivity index (χ3n) is 4.81. The summed E-state index contributed by atoms with van der Waals surface area (Å²) in [6.45, 7) is 0. The molecule has 0 saturated carbocycles. The van der Waals surface area contributed by atoms with Crippen molar-refractivity contribution >= 4 is 40.4 Å². The minimum absolute atomic E-state index is 0.100. The van der Waals surface area contributed by atoms with E-state index in [-0.39, 0.29) is 33.7 Å². The van der Waals surface area contributed by atoms with Gasteiger partial charge in [0.1, 0.15) is 23.1 Å². The molecule has 4 rings (SSSR count). The molecule has 1 aliphatic heterocycles. The Bertz CT molecular complexity index is 1260. The molecular formula is C25H18F2N2O3S. The van der Waals surface area contributed by atoms with Crippen molar-refractivity contribution in [2.24, 2.45) is 4.99 Å². The minimum atomic E-state index is -0.557. The third-order valence-corrected chi connectivity index (χ3v) is 5.75. The predicted octanol–water partition coefficient (Wildman–Crippen LogP) is 5.33. The molecule has 1 heterocycles. The van der Waals surface area contributed by atoms with Crippen LogP contribution in [-0.2, 0) is 4.79 Å². The molecule has 0 spiro atoms. The van der Waals surface area contributed by atoms with Crippen molar-refractivity contribution in [3.63, 3.8) is 0 Å². The zero-order valence-electron chi connectivity index (χ0n) is 17.5. The van der Waals surface area contributed by atoms with Gasteiger partial charge in [0.2, 0.25) is 0 Å². The lowest BCUT2D eigenvalue weighted by Gasteiger charge is -2.17. The van der Waals surface area contributed by atoms with Crippen LogP contribution in [0.25, 0.3) is 6.08 Å². The van der Waals surface area contributed by atoms with Gasteiger partial charge in [0.15, 0.2) is 11.0 Å². The van der Waals surface area contributed by atoms with E-state index < -0.39 is 17.5 Å². The number of benzene rings is 3. The summed E-state index contributed by atoms with van der Waals surface area (Å²) in [7, 11) is 1.40. The lowest BCUT2D eigenvalue weighted by atomic mass is 10.1. The molecule has 1 amide bonds. The van der Waals surface area contributed by atoms with Crippen molar-refractivity contribution in [2.75, 3.05) is 17.8 Å². The maximum Gasteiger partial charge on any atom is 0.283 e. The number of carbonyl (C=O) groups is 2. The Balaban J connectivity index is 1.64. The first-order chi connectivity index (χ1) is 16.0. The van der Waals surface area contributed by atoms with E-state index in [0.29, 0.717) is 5.69 Å². The number of halogens is 2. The molecule has 0 fully saturated rings. The standard InChI is InChI=1S/C25H18F2N2O3S/c1-32-23-12-9-18(27)14-20(23)22(30)15-33-25-28-21(13-16-5-3-2-4-6-16)24(31)29(25)19-10-7-17(26)8-11-19/h2-14H,15H2,1H3/b21-13-. The molecule has 3 aromatic rings. The molecule has 3 aromatic carbocycles. The molecular weight excluding hydrogens is 446 g/mol. The molecule has 0 aromatic heterocycles. The number of methoxy groups -OCH3 is 1. The third kappa shape index (κ3) is 5.01. The van der Waals surface area contributed by atoms with Crippen LogP contribution in [0.4, 0.5) is 14.5 Å². The quantitative estimate of drug-likeness (QED) is 0.365. The summed E-state index contributed by atoms with van der Waals surface area (Å²) in [6.07, 6.45) is 1.64. The van der Waals surface area contributed by atoms with Gasteiger partial charge in [0.05, 0.1) is 24.1 Å². The predicted molar refractivity (Wildman–Crippen MR) is 125 cm³/mol. The Kier molecular flexibility index (Phi) is 6.65. The Morgan fingerprint density at radius 2 is 1.73 bits per heavy atom. The number of anilines is 1. The van der Waals surface area contributed by atoms with Crippen LogP contribution >= 0.6 is 11.8 Å². The first-order valence-electron chi connectivity index (χ1n) is 9.91. The molecule has 0 radical (unpaired) electrons. The summed E-state index contributed by atoms with van der Waals surface area (Å²) in [4.78, 5) is 31.7. The number of carbonyl (C=O) groups excluding carboxylic acids is 2. The van der Waals surface area contributed by atoms with E-state index in [1.807, 2.05) is 30.3 Å². The van der Waals surface area contributed by atoms with Gasteiger partial charge in [-0.15, -0.1) is 0 Å². The number of rotatable bonds is 6. The number of nitrogens with zero attached hydrogens (tertiary/aromatic N) is 2. The summed E-state index contributed by atoms with van der Waals surface area (Å²) < 4.78 is 32.3. The Hall–Kier alpha value is -3.78. The lowest BCUT2D eigenvalue weighted by Crippen LogP contribution is -2.30. The number of thioether (sulfide) groups is 1. The van der Waals surface area contributed by atoms with E-state index in [1.54, 1.807) is 6.08 Å². The smallest absolute Gasteiger partial charge is 0.283 e. The molecule has 0 unspecified atom stereocenters. The Morgan fingerprint density at radius 1 is 1.03 bits per heavy atom. The fraction of sp³-hybridized carbons (Fsp3) is 0.0800. The van der Waals surface area contributed by atoms with Gasteiger partial charge in [-0.05, 0) is 54.1 Å². The number of amidine groups is 1. The summed E-state index contributed by atoms with van der Waals surface area (Å²) in [5.74, 6) is -1.63. The SMILES string of the molecule is COc1ccc(F)cc1C(=O)CSC1=N/C(=C\c2ccccc2)C(=O)N1c1ccc(F)cc1. The van der Waals surface area contributed by atoms with Gasteiger partial charge in [0, 0.05) is 0 Å². The van der Waals surface area contributed by atoms with Crippen molar-refractivity contribution in [3.8, 4) is 5.75 Å². The number of aliphatic imine (C=N–C) groups is 1. The molecule has 0 aliphatic carbocycles. The van der Waals surface area contributed by atoms with Crippen molar-refractivity contribution < 1.29 is 23.1 Å². The second kappa shape index (κ2) is 9.79. The van der Waals surface area contributed by atoms with Crippen molar-refractivity contribution in [1.29, 1.82) is 0 Å². The first kappa shape index (κ1) is 22.4. The first-order valence-corrected chi connectivity index (χ1v) is 10.9. The summed E-state index contributed by atoms with van der Waals surface area (Å²) in [5, 5.41) is 0.262. The van der Waals surface area contributed by atoms with Gasteiger partial charge in [0.25, 0.3) is 5.91 Å². The van der Waals surface area contributed by atoms with E-state index in [1.165, 1.54) is 48.4 Å². The molecule has 0 N–H and O–H groups in total. The second-order valence-corrected chi connectivity index (χ2v) is 7.95. The van der Waals surface area contributed by atoms with Gasteiger partial charge in [-0.3, -0.25) is 14.5 Å². The highest BCUT2D eigenvalue weighted by Gasteiger charge is 2.32. The van der Waals surface area contributed by atoms with Crippen LogP contribution in [-0.4, -0.2) is 29.7 Å². The van der Waals surface area contributed by atoms with Crippen LogP contribution in [0, 0.1) is 11.6 Å². The van der Waals surface area contributed by atoms with E-state index in [9.17, 15) is 18.4 Å². The van der Waals surface area contributed by atoms with Crippen molar-refractivity contribution in [1.82, 2.24) is 0 Å². The molecule has 1 aliphatic rings. The van der Waals surface area contributed by atoms with Gasteiger partial charge >= 0.3 is 0 Å². The number of hydrogen-bond donors (Lipinski definition) is 0. The van der Waals surface area contributed by atoms with Crippen LogP contribution in [0.15, 0.2) is 83.5 Å². The highest BCUT2D eigenvalue weighted by molar-refractivity contribution is 8.14. The normalized spacial score (nSPS) is 14.5. The monoisotopic (exact) mass is 464 g/mol. The highest BCUT2D eigenvalue weighted by atomic mass is 32.2. The average Bonchev–Trinajstić information content (AvgIpc) is 3.13. The van der Waals surface area contributed by atoms with Crippen molar-refractivity contribution in [2.45, 2.75) is 0 Å². The van der Waals surface area contributed by atoms with Crippen LogP contribution in [0.5, 0.6) is 5.75 Å². The fourth-order valence-corrected chi connectivity index (χ4v) is 4.12. The van der Waals surface area contributed by atoms with Crippen LogP contribution in [0.2, 0.25) is 0 Å². The fourth-order valence-electron chi connectivity index (χ4n) is 3.22. The molecule has 166 valence electrons. The summed E-state index contributed by atoms with van der Waals surface area (Å²) in [5.41, 5.74) is 1.49. The van der Waals surface area contributed by atoms with Crippen LogP contribution < -0.4 is 9.64 Å². The second-order valence-electron chi connectivity index (χ2n) is 7.01. The molecule has 8 heteroatoms. The Morgan fingerprint density at radius 3 is 2.42 bits per heavy atom. The Labute approximate surface area is 193 Å². The van der Waals surface area contributed by atoms with Gasteiger partial charge in [-0.25, -0.2) is 13.8 Å².